The van der Waals surface area contributed by atoms with E-state index < -0.39 is 5.82 Å². The maximum Gasteiger partial charge on any atom is 0.232 e. The summed E-state index contributed by atoms with van der Waals surface area (Å²) in [6.45, 7) is 0.714. The Balaban J connectivity index is 1.49. The number of carbonyl (C=O) groups excluding carboxylic acids is 1. The minimum absolute atomic E-state index is 0.0498. The van der Waals surface area contributed by atoms with E-state index in [9.17, 15) is 9.18 Å². The first-order valence-corrected chi connectivity index (χ1v) is 9.64. The Kier molecular flexibility index (Phi) is 5.59. The first kappa shape index (κ1) is 20.2. The Hall–Kier alpha value is -3.13. The molecule has 0 bridgehead atoms. The van der Waals surface area contributed by atoms with Crippen LogP contribution in [-0.4, -0.2) is 41.7 Å². The number of ether oxygens (including phenoxy) is 2. The Bertz CT molecular complexity index is 1090. The van der Waals surface area contributed by atoms with Crippen LogP contribution in [0.2, 0.25) is 5.02 Å². The van der Waals surface area contributed by atoms with E-state index in [1.54, 1.807) is 43.4 Å². The van der Waals surface area contributed by atoms with Gasteiger partial charge in [-0.2, -0.15) is 4.98 Å². The molecule has 0 N–H and O–H groups in total. The molecular formula is C21H19ClFN3O4. The van der Waals surface area contributed by atoms with Gasteiger partial charge in [0.05, 0.1) is 20.1 Å². The first-order valence-electron chi connectivity index (χ1n) is 9.26. The molecule has 2 heterocycles. The highest BCUT2D eigenvalue weighted by Gasteiger charge is 2.34. The average Bonchev–Trinajstić information content (AvgIpc) is 3.37. The van der Waals surface area contributed by atoms with Gasteiger partial charge in [-0.05, 0) is 35.9 Å². The van der Waals surface area contributed by atoms with Crippen LogP contribution in [0.3, 0.4) is 0 Å². The fourth-order valence-corrected chi connectivity index (χ4v) is 3.67. The maximum absolute atomic E-state index is 13.2. The van der Waals surface area contributed by atoms with Crippen molar-refractivity contribution in [1.82, 2.24) is 15.0 Å². The molecule has 1 unspecified atom stereocenters. The fourth-order valence-electron chi connectivity index (χ4n) is 3.44. The van der Waals surface area contributed by atoms with E-state index in [0.29, 0.717) is 52.5 Å². The third-order valence-corrected chi connectivity index (χ3v) is 5.38. The van der Waals surface area contributed by atoms with E-state index in [2.05, 4.69) is 10.1 Å². The Morgan fingerprint density at radius 3 is 2.73 bits per heavy atom. The quantitative estimate of drug-likeness (QED) is 0.585. The number of likely N-dealkylation sites (tertiary alicyclic amines) is 1. The molecule has 156 valence electrons. The van der Waals surface area contributed by atoms with Crippen molar-refractivity contribution in [1.29, 1.82) is 0 Å². The standard InChI is InChI=1S/C21H19ClFN3O4/c1-28-17-6-4-12(7-18(17)29-2)20-24-21(30-25-20)14-8-19(27)26(11-14)10-13-3-5-15(23)9-16(13)22/h3-7,9,14H,8,10-11H2,1-2H3. The minimum atomic E-state index is -0.414. The zero-order chi connectivity index (χ0) is 21.3. The third kappa shape index (κ3) is 3.95. The lowest BCUT2D eigenvalue weighted by Gasteiger charge is -2.17. The summed E-state index contributed by atoms with van der Waals surface area (Å²) in [4.78, 5) is 18.6. The van der Waals surface area contributed by atoms with Gasteiger partial charge in [0.15, 0.2) is 11.5 Å². The second kappa shape index (κ2) is 8.31. The number of carbonyl (C=O) groups is 1. The van der Waals surface area contributed by atoms with Crippen LogP contribution in [0.5, 0.6) is 11.5 Å². The van der Waals surface area contributed by atoms with Gasteiger partial charge in [0.2, 0.25) is 17.6 Å². The highest BCUT2D eigenvalue weighted by atomic mass is 35.5. The number of methoxy groups -OCH3 is 2. The van der Waals surface area contributed by atoms with Gasteiger partial charge in [-0.3, -0.25) is 4.79 Å². The number of amides is 1. The number of benzene rings is 2. The molecule has 7 nitrogen and oxygen atoms in total. The highest BCUT2D eigenvalue weighted by Crippen LogP contribution is 2.33. The molecule has 0 spiro atoms. The number of rotatable bonds is 6. The number of hydrogen-bond donors (Lipinski definition) is 0. The molecule has 1 saturated heterocycles. The summed E-state index contributed by atoms with van der Waals surface area (Å²) in [5.74, 6) is 1.26. The molecule has 1 amide bonds. The van der Waals surface area contributed by atoms with Gasteiger partial charge in [-0.25, -0.2) is 4.39 Å². The van der Waals surface area contributed by atoms with Gasteiger partial charge in [-0.1, -0.05) is 22.8 Å². The predicted molar refractivity (Wildman–Crippen MR) is 107 cm³/mol. The summed E-state index contributed by atoms with van der Waals surface area (Å²) >= 11 is 6.09. The third-order valence-electron chi connectivity index (χ3n) is 5.02. The van der Waals surface area contributed by atoms with Crippen LogP contribution in [0, 0.1) is 5.82 Å². The van der Waals surface area contributed by atoms with Gasteiger partial charge in [0.25, 0.3) is 0 Å². The summed E-state index contributed by atoms with van der Waals surface area (Å²) in [6.07, 6.45) is 0.256. The molecule has 30 heavy (non-hydrogen) atoms. The summed E-state index contributed by atoms with van der Waals surface area (Å²) < 4.78 is 29.2. The second-order valence-corrected chi connectivity index (χ2v) is 7.34. The number of halogens is 2. The van der Waals surface area contributed by atoms with Crippen LogP contribution in [-0.2, 0) is 11.3 Å². The van der Waals surface area contributed by atoms with Crippen molar-refractivity contribution in [2.45, 2.75) is 18.9 Å². The highest BCUT2D eigenvalue weighted by molar-refractivity contribution is 6.31. The van der Waals surface area contributed by atoms with Crippen LogP contribution in [0.25, 0.3) is 11.4 Å². The molecule has 9 heteroatoms. The van der Waals surface area contributed by atoms with Crippen LogP contribution in [0.1, 0.15) is 23.8 Å². The van der Waals surface area contributed by atoms with Crippen LogP contribution in [0.15, 0.2) is 40.9 Å². The van der Waals surface area contributed by atoms with E-state index in [1.807, 2.05) is 0 Å². The Labute approximate surface area is 177 Å². The second-order valence-electron chi connectivity index (χ2n) is 6.94. The molecule has 1 fully saturated rings. The molecule has 2 aromatic carbocycles. The first-order chi connectivity index (χ1) is 14.5. The van der Waals surface area contributed by atoms with Crippen molar-refractivity contribution in [3.05, 3.63) is 58.7 Å². The average molecular weight is 432 g/mol. The largest absolute Gasteiger partial charge is 0.493 e. The van der Waals surface area contributed by atoms with Gasteiger partial charge < -0.3 is 18.9 Å². The van der Waals surface area contributed by atoms with E-state index in [1.165, 1.54) is 12.1 Å². The monoisotopic (exact) mass is 431 g/mol. The smallest absolute Gasteiger partial charge is 0.232 e. The molecule has 4 rings (SSSR count). The number of aromatic nitrogens is 2. The van der Waals surface area contributed by atoms with Crippen LogP contribution < -0.4 is 9.47 Å². The normalized spacial score (nSPS) is 16.2. The summed E-state index contributed by atoms with van der Waals surface area (Å²) in [5.41, 5.74) is 1.39. The molecule has 0 radical (unpaired) electrons. The molecule has 3 aromatic rings. The summed E-state index contributed by atoms with van der Waals surface area (Å²) in [5, 5.41) is 4.34. The molecule has 0 aliphatic carbocycles. The van der Waals surface area contributed by atoms with Crippen molar-refractivity contribution in [3.8, 4) is 22.9 Å². The summed E-state index contributed by atoms with van der Waals surface area (Å²) in [7, 11) is 3.11. The van der Waals surface area contributed by atoms with E-state index >= 15 is 0 Å². The lowest BCUT2D eigenvalue weighted by molar-refractivity contribution is -0.128. The van der Waals surface area contributed by atoms with Gasteiger partial charge in [0, 0.05) is 30.1 Å². The van der Waals surface area contributed by atoms with Crippen molar-refractivity contribution < 1.29 is 23.2 Å². The topological polar surface area (TPSA) is 77.7 Å². The maximum atomic E-state index is 13.2. The van der Waals surface area contributed by atoms with Gasteiger partial charge in [-0.15, -0.1) is 0 Å². The predicted octanol–water partition coefficient (Wildman–Crippen LogP) is 4.06. The van der Waals surface area contributed by atoms with Crippen LogP contribution in [0.4, 0.5) is 4.39 Å². The zero-order valence-corrected chi connectivity index (χ0v) is 17.1. The molecule has 1 aliphatic heterocycles. The SMILES string of the molecule is COc1ccc(-c2noc(C3CC(=O)N(Cc4ccc(F)cc4Cl)C3)n2)cc1OC. The number of hydrogen-bond acceptors (Lipinski definition) is 6. The van der Waals surface area contributed by atoms with Gasteiger partial charge >= 0.3 is 0 Å². The molecule has 1 aromatic heterocycles. The van der Waals surface area contributed by atoms with Crippen LogP contribution >= 0.6 is 11.6 Å². The van der Waals surface area contributed by atoms with E-state index in [0.717, 1.165) is 0 Å². The fraction of sp³-hybridized carbons (Fsp3) is 0.286. The number of nitrogens with zero attached hydrogens (tertiary/aromatic N) is 3. The minimum Gasteiger partial charge on any atom is -0.493 e. The summed E-state index contributed by atoms with van der Waals surface area (Å²) in [6, 6.07) is 9.47. The Morgan fingerprint density at radius 1 is 1.20 bits per heavy atom. The van der Waals surface area contributed by atoms with Crippen molar-refractivity contribution in [2.75, 3.05) is 20.8 Å². The molecule has 1 aliphatic rings. The van der Waals surface area contributed by atoms with Gasteiger partial charge in [0.1, 0.15) is 5.82 Å². The lowest BCUT2D eigenvalue weighted by Crippen LogP contribution is -2.24. The Morgan fingerprint density at radius 2 is 2.00 bits per heavy atom. The van der Waals surface area contributed by atoms with Crippen molar-refractivity contribution >= 4 is 17.5 Å². The van der Waals surface area contributed by atoms with Crippen molar-refractivity contribution in [3.63, 3.8) is 0 Å². The lowest BCUT2D eigenvalue weighted by atomic mass is 10.1. The zero-order valence-electron chi connectivity index (χ0n) is 16.4. The molecular weight excluding hydrogens is 413 g/mol. The molecule has 1 atom stereocenters. The van der Waals surface area contributed by atoms with E-state index in [4.69, 9.17) is 25.6 Å². The molecule has 0 saturated carbocycles. The van der Waals surface area contributed by atoms with Crippen molar-refractivity contribution in [2.24, 2.45) is 0 Å². The van der Waals surface area contributed by atoms with E-state index in [-0.39, 0.29) is 18.2 Å².